The summed E-state index contributed by atoms with van der Waals surface area (Å²) >= 11 is 0. The van der Waals surface area contributed by atoms with Crippen molar-refractivity contribution in [1.82, 2.24) is 4.23 Å². The monoisotopic (exact) mass is 783 g/mol. The molecule has 1 nitrogen and oxygen atoms in total. The van der Waals surface area contributed by atoms with Gasteiger partial charge >= 0.3 is 0 Å². The van der Waals surface area contributed by atoms with Gasteiger partial charge in [-0.05, 0) is 65.7 Å². The normalized spacial score (nSPS) is 12.3. The maximum absolute atomic E-state index is 2.82. The first kappa shape index (κ1) is 36.8. The molecule has 8 aromatic carbocycles. The van der Waals surface area contributed by atoms with Crippen LogP contribution in [0.5, 0.6) is 0 Å². The summed E-state index contributed by atoms with van der Waals surface area (Å²) < 4.78 is 2.82. The van der Waals surface area contributed by atoms with E-state index in [9.17, 15) is 0 Å². The number of nitrogens with zero attached hydrogens (tertiary/aromatic N) is 1. The van der Waals surface area contributed by atoms with Crippen LogP contribution in [0.2, 0.25) is 18.6 Å². The molecule has 0 bridgehead atoms. The van der Waals surface area contributed by atoms with Crippen molar-refractivity contribution < 1.29 is 0 Å². The zero-order valence-corrected chi connectivity index (χ0v) is 36.1. The second-order valence-corrected chi connectivity index (χ2v) is 28.2. The van der Waals surface area contributed by atoms with Gasteiger partial charge in [0.2, 0.25) is 0 Å². The molecular formula is C53H49NSi3. The molecule has 0 aliphatic rings. The summed E-state index contributed by atoms with van der Waals surface area (Å²) in [5.41, 5.74) is 2.74. The molecule has 0 fully saturated rings. The fourth-order valence-corrected chi connectivity index (χ4v) is 22.0. The highest BCUT2D eigenvalue weighted by Gasteiger charge is 2.44. The van der Waals surface area contributed by atoms with Crippen molar-refractivity contribution in [1.29, 1.82) is 0 Å². The maximum atomic E-state index is 2.82. The lowest BCUT2D eigenvalue weighted by Gasteiger charge is -2.34. The number of hydrogen-bond donors (Lipinski definition) is 0. The van der Waals surface area contributed by atoms with Crippen LogP contribution in [0.25, 0.3) is 21.8 Å². The highest BCUT2D eigenvalue weighted by atomic mass is 28.3. The molecule has 0 atom stereocenters. The van der Waals surface area contributed by atoms with Crippen molar-refractivity contribution in [2.45, 2.75) is 32.5 Å². The Balaban J connectivity index is 1.43. The number of fused-ring (bicyclic) bond motifs is 3. The minimum Gasteiger partial charge on any atom is -0.368 e. The summed E-state index contributed by atoms with van der Waals surface area (Å²) in [4.78, 5) is 0. The quantitative estimate of drug-likeness (QED) is 0.0926. The van der Waals surface area contributed by atoms with E-state index >= 15 is 0 Å². The number of aromatic nitrogens is 1. The lowest BCUT2D eigenvalue weighted by atomic mass is 10.1. The molecule has 0 unspecified atom stereocenters. The fraction of sp³-hybridized carbons (Fsp3) is 0.0943. The van der Waals surface area contributed by atoms with Crippen LogP contribution in [0, 0.1) is 0 Å². The topological polar surface area (TPSA) is 4.93 Å². The van der Waals surface area contributed by atoms with Gasteiger partial charge in [-0.15, -0.1) is 0 Å². The highest BCUT2D eigenvalue weighted by Crippen LogP contribution is 2.34. The van der Waals surface area contributed by atoms with Gasteiger partial charge in [0.05, 0.1) is 0 Å². The van der Waals surface area contributed by atoms with Gasteiger partial charge in [0.25, 0.3) is 0 Å². The number of rotatable bonds is 11. The molecule has 0 spiro atoms. The third kappa shape index (κ3) is 5.94. The molecule has 4 heteroatoms. The molecule has 0 N–H and O–H groups in total. The molecule has 0 saturated carbocycles. The Bertz CT molecular complexity index is 2370. The summed E-state index contributed by atoms with van der Waals surface area (Å²) in [6, 6.07) is 85.6. The predicted molar refractivity (Wildman–Crippen MR) is 255 cm³/mol. The van der Waals surface area contributed by atoms with Crippen molar-refractivity contribution >= 4 is 87.7 Å². The molecule has 0 aliphatic heterocycles. The first-order chi connectivity index (χ1) is 28.1. The zero-order chi connectivity index (χ0) is 38.9. The van der Waals surface area contributed by atoms with Crippen LogP contribution < -0.4 is 41.5 Å². The largest absolute Gasteiger partial charge is 0.368 e. The van der Waals surface area contributed by atoms with E-state index in [2.05, 4.69) is 243 Å². The van der Waals surface area contributed by atoms with Crippen LogP contribution in [0.3, 0.4) is 0 Å². The molecule has 9 aromatic rings. The van der Waals surface area contributed by atoms with E-state index in [1.54, 1.807) is 0 Å². The Morgan fingerprint density at radius 2 is 0.561 bits per heavy atom. The standard InChI is InChI=1S/C53H49NSi3/c1-4-55(3,5-2)54-52-38-36-48(56(42-24-12-6-13-25-42,43-26-14-7-15-27-43)44-28-16-8-17-29-44)40-50(52)51-41-49(37-39-53(51)54)57(45-30-18-9-19-31-45,46-32-20-10-21-33-46)47-34-22-11-23-35-47/h6-41H,4-5H2,1-3H3. The average Bonchev–Trinajstić information content (AvgIpc) is 3.63. The molecule has 1 aromatic heterocycles. The van der Waals surface area contributed by atoms with Gasteiger partial charge in [0.1, 0.15) is 0 Å². The maximum Gasteiger partial charge on any atom is 0.179 e. The predicted octanol–water partition coefficient (Wildman–Crippen LogP) is 8.01. The smallest absolute Gasteiger partial charge is 0.179 e. The van der Waals surface area contributed by atoms with E-state index in [1.165, 1.54) is 75.4 Å². The summed E-state index contributed by atoms with van der Waals surface area (Å²) in [5, 5.41) is 13.9. The van der Waals surface area contributed by atoms with Gasteiger partial charge < -0.3 is 4.23 Å². The van der Waals surface area contributed by atoms with Crippen LogP contribution in [0.4, 0.5) is 0 Å². The van der Waals surface area contributed by atoms with Crippen molar-refractivity contribution in [3.8, 4) is 0 Å². The van der Waals surface area contributed by atoms with Gasteiger partial charge in [0, 0.05) is 21.8 Å². The van der Waals surface area contributed by atoms with Crippen molar-refractivity contribution in [3.63, 3.8) is 0 Å². The van der Waals surface area contributed by atoms with Gasteiger partial charge in [-0.2, -0.15) is 0 Å². The zero-order valence-electron chi connectivity index (χ0n) is 33.1. The van der Waals surface area contributed by atoms with Crippen molar-refractivity contribution in [3.05, 3.63) is 218 Å². The molecule has 0 aliphatic carbocycles. The molecular weight excluding hydrogens is 735 g/mol. The van der Waals surface area contributed by atoms with Crippen LogP contribution in [-0.4, -0.2) is 28.6 Å². The van der Waals surface area contributed by atoms with Crippen molar-refractivity contribution in [2.75, 3.05) is 0 Å². The van der Waals surface area contributed by atoms with Crippen LogP contribution >= 0.6 is 0 Å². The molecule has 57 heavy (non-hydrogen) atoms. The first-order valence-electron chi connectivity index (χ1n) is 20.5. The molecule has 0 amide bonds. The van der Waals surface area contributed by atoms with Gasteiger partial charge in [0.15, 0.2) is 24.4 Å². The Morgan fingerprint density at radius 3 is 0.789 bits per heavy atom. The van der Waals surface area contributed by atoms with E-state index in [4.69, 9.17) is 0 Å². The second-order valence-electron chi connectivity index (χ2n) is 15.7. The van der Waals surface area contributed by atoms with E-state index in [1.807, 2.05) is 0 Å². The Kier molecular flexibility index (Phi) is 9.87. The summed E-state index contributed by atoms with van der Waals surface area (Å²) in [5.74, 6) is 0. The van der Waals surface area contributed by atoms with Gasteiger partial charge in [-0.3, -0.25) is 0 Å². The third-order valence-corrected chi connectivity index (χ3v) is 27.1. The molecule has 0 saturated heterocycles. The molecule has 0 radical (unpaired) electrons. The third-order valence-electron chi connectivity index (χ3n) is 12.9. The van der Waals surface area contributed by atoms with E-state index in [-0.39, 0.29) is 0 Å². The SMILES string of the molecule is CC[Si](C)(CC)n1c2ccc([Si](c3ccccc3)(c3ccccc3)c3ccccc3)cc2c2cc([Si](c3ccccc3)(c3ccccc3)c3ccccc3)ccc21. The van der Waals surface area contributed by atoms with E-state index < -0.39 is 24.4 Å². The van der Waals surface area contributed by atoms with Crippen molar-refractivity contribution in [2.24, 2.45) is 0 Å². The fourth-order valence-electron chi connectivity index (χ4n) is 9.77. The van der Waals surface area contributed by atoms with Crippen LogP contribution in [-0.2, 0) is 0 Å². The average molecular weight is 784 g/mol. The van der Waals surface area contributed by atoms with E-state index in [0.717, 1.165) is 0 Å². The minimum absolute atomic E-state index is 1.18. The lowest BCUT2D eigenvalue weighted by molar-refractivity contribution is 1.11. The first-order valence-corrected chi connectivity index (χ1v) is 27.3. The van der Waals surface area contributed by atoms with Gasteiger partial charge in [-0.1, -0.05) is 227 Å². The number of benzene rings is 8. The molecule has 9 rings (SSSR count). The minimum atomic E-state index is -2.76. The van der Waals surface area contributed by atoms with Crippen LogP contribution in [0.15, 0.2) is 218 Å². The van der Waals surface area contributed by atoms with Crippen LogP contribution in [0.1, 0.15) is 13.8 Å². The second kappa shape index (κ2) is 15.3. The summed E-state index contributed by atoms with van der Waals surface area (Å²) in [6.07, 6.45) is 0. The Morgan fingerprint density at radius 1 is 0.316 bits per heavy atom. The Hall–Kier alpha value is -5.79. The Labute approximate surface area is 341 Å². The van der Waals surface area contributed by atoms with Gasteiger partial charge in [-0.25, -0.2) is 0 Å². The lowest BCUT2D eigenvalue weighted by Crippen LogP contribution is -2.74. The summed E-state index contributed by atoms with van der Waals surface area (Å²) in [6.45, 7) is 7.40. The van der Waals surface area contributed by atoms with E-state index in [0.29, 0.717) is 0 Å². The molecule has 1 heterocycles. The molecule has 278 valence electrons. The highest BCUT2D eigenvalue weighted by molar-refractivity contribution is 7.20. The number of hydrogen-bond acceptors (Lipinski definition) is 0. The summed E-state index contributed by atoms with van der Waals surface area (Å²) in [7, 11) is -7.43.